The average molecular weight is 441 g/mol. The zero-order chi connectivity index (χ0) is 23.1. The highest BCUT2D eigenvalue weighted by Crippen LogP contribution is 2.39. The van der Waals surface area contributed by atoms with Crippen LogP contribution in [0.25, 0.3) is 0 Å². The largest absolute Gasteiger partial charge is 0.481 e. The molecule has 8 heteroatoms. The van der Waals surface area contributed by atoms with Gasteiger partial charge in [0.1, 0.15) is 0 Å². The van der Waals surface area contributed by atoms with Crippen molar-refractivity contribution in [2.75, 3.05) is 32.8 Å². The van der Waals surface area contributed by atoms with Gasteiger partial charge in [0.2, 0.25) is 0 Å². The summed E-state index contributed by atoms with van der Waals surface area (Å²) in [5.41, 5.74) is -0.169. The van der Waals surface area contributed by atoms with Crippen molar-refractivity contribution in [2.45, 2.75) is 78.6 Å². The summed E-state index contributed by atoms with van der Waals surface area (Å²) >= 11 is 0. The SMILES string of the molecule is C1CCNCC1.CCOC(=O)C(C(=O)OCC)=C(C)NCC1(CC(=O)O)CCCCC1. The van der Waals surface area contributed by atoms with Crippen LogP contribution >= 0.6 is 0 Å². The molecule has 2 fully saturated rings. The number of hydrogen-bond donors (Lipinski definition) is 3. The molecule has 0 aromatic rings. The van der Waals surface area contributed by atoms with Crippen LogP contribution in [0, 0.1) is 5.41 Å². The van der Waals surface area contributed by atoms with Crippen molar-refractivity contribution in [3.05, 3.63) is 11.3 Å². The summed E-state index contributed by atoms with van der Waals surface area (Å²) in [6.07, 6.45) is 8.99. The first kappa shape index (κ1) is 26.9. The highest BCUT2D eigenvalue weighted by Gasteiger charge is 2.35. The van der Waals surface area contributed by atoms with Crippen LogP contribution in [-0.2, 0) is 23.9 Å². The average Bonchev–Trinajstić information content (AvgIpc) is 2.75. The van der Waals surface area contributed by atoms with E-state index in [1.54, 1.807) is 20.8 Å². The molecule has 1 heterocycles. The highest BCUT2D eigenvalue weighted by atomic mass is 16.6. The molecule has 0 aromatic heterocycles. The summed E-state index contributed by atoms with van der Waals surface area (Å²) in [6.45, 7) is 8.13. The van der Waals surface area contributed by atoms with Gasteiger partial charge in [0.05, 0.1) is 19.6 Å². The zero-order valence-electron chi connectivity index (χ0n) is 19.4. The van der Waals surface area contributed by atoms with E-state index < -0.39 is 17.9 Å². The minimum absolute atomic E-state index is 0.0709. The monoisotopic (exact) mass is 440 g/mol. The Balaban J connectivity index is 0.000000683. The number of carboxylic acids is 1. The summed E-state index contributed by atoms with van der Waals surface area (Å²) in [4.78, 5) is 35.4. The third-order valence-electron chi connectivity index (χ3n) is 5.71. The molecule has 8 nitrogen and oxygen atoms in total. The molecule has 1 aliphatic carbocycles. The summed E-state index contributed by atoms with van der Waals surface area (Å²) in [7, 11) is 0. The molecule has 1 saturated carbocycles. The lowest BCUT2D eigenvalue weighted by molar-refractivity contribution is -0.147. The fraction of sp³-hybridized carbons (Fsp3) is 0.783. The molecular weight excluding hydrogens is 400 g/mol. The third kappa shape index (κ3) is 10.2. The topological polar surface area (TPSA) is 114 Å². The Kier molecular flexibility index (Phi) is 12.9. The van der Waals surface area contributed by atoms with Gasteiger partial charge in [0, 0.05) is 12.2 Å². The Hall–Kier alpha value is -2.09. The van der Waals surface area contributed by atoms with Crippen LogP contribution in [-0.4, -0.2) is 55.9 Å². The summed E-state index contributed by atoms with van der Waals surface area (Å²) < 4.78 is 9.88. The van der Waals surface area contributed by atoms with Crippen molar-refractivity contribution in [3.8, 4) is 0 Å². The van der Waals surface area contributed by atoms with Crippen molar-refractivity contribution in [1.82, 2.24) is 10.6 Å². The molecule has 0 spiro atoms. The van der Waals surface area contributed by atoms with Gasteiger partial charge in [-0.15, -0.1) is 0 Å². The second-order valence-electron chi connectivity index (χ2n) is 8.24. The van der Waals surface area contributed by atoms with Gasteiger partial charge < -0.3 is 25.2 Å². The zero-order valence-corrected chi connectivity index (χ0v) is 19.4. The Morgan fingerprint density at radius 1 is 0.903 bits per heavy atom. The number of carbonyl (C=O) groups excluding carboxylic acids is 2. The number of rotatable bonds is 9. The quantitative estimate of drug-likeness (QED) is 0.217. The molecule has 178 valence electrons. The number of allylic oxidation sites excluding steroid dienone is 1. The van der Waals surface area contributed by atoms with Crippen molar-refractivity contribution < 1.29 is 29.0 Å². The fourth-order valence-electron chi connectivity index (χ4n) is 4.04. The summed E-state index contributed by atoms with van der Waals surface area (Å²) in [6, 6.07) is 0. The maximum absolute atomic E-state index is 12.1. The molecule has 0 unspecified atom stereocenters. The van der Waals surface area contributed by atoms with Gasteiger partial charge >= 0.3 is 17.9 Å². The standard InChI is InChI=1S/C18H29NO6.C5H11N/c1-4-24-16(22)15(17(23)25-5-2)13(3)19-12-18(11-14(20)21)9-7-6-8-10-18;1-2-4-6-5-3-1/h19H,4-12H2,1-3H3,(H,20,21);6H,1-5H2. The van der Waals surface area contributed by atoms with Gasteiger partial charge in [-0.3, -0.25) is 4.79 Å². The lowest BCUT2D eigenvalue weighted by Gasteiger charge is -2.36. The molecule has 0 aromatic carbocycles. The molecule has 0 amide bonds. The van der Waals surface area contributed by atoms with Gasteiger partial charge in [-0.2, -0.15) is 0 Å². The van der Waals surface area contributed by atoms with Crippen molar-refractivity contribution in [1.29, 1.82) is 0 Å². The van der Waals surface area contributed by atoms with E-state index in [-0.39, 0.29) is 30.6 Å². The molecule has 3 N–H and O–H groups in total. The lowest BCUT2D eigenvalue weighted by Crippen LogP contribution is -2.38. The molecular formula is C23H40N2O6. The number of nitrogens with one attached hydrogen (secondary N) is 2. The van der Waals surface area contributed by atoms with Gasteiger partial charge in [0.15, 0.2) is 5.57 Å². The molecule has 0 radical (unpaired) electrons. The van der Waals surface area contributed by atoms with E-state index in [0.717, 1.165) is 32.1 Å². The molecule has 1 saturated heterocycles. The molecule has 1 aliphatic heterocycles. The van der Waals surface area contributed by atoms with Gasteiger partial charge in [-0.1, -0.05) is 25.7 Å². The van der Waals surface area contributed by atoms with E-state index >= 15 is 0 Å². The fourth-order valence-corrected chi connectivity index (χ4v) is 4.04. The Morgan fingerprint density at radius 2 is 1.42 bits per heavy atom. The lowest BCUT2D eigenvalue weighted by atomic mass is 9.71. The number of piperidine rings is 1. The predicted octanol–water partition coefficient (Wildman–Crippen LogP) is 3.16. The summed E-state index contributed by atoms with van der Waals surface area (Å²) in [5, 5.41) is 15.6. The maximum atomic E-state index is 12.1. The number of esters is 2. The Labute approximate surface area is 186 Å². The van der Waals surface area contributed by atoms with Crippen LogP contribution in [0.5, 0.6) is 0 Å². The highest BCUT2D eigenvalue weighted by molar-refractivity contribution is 6.14. The van der Waals surface area contributed by atoms with Crippen LogP contribution in [0.1, 0.15) is 78.6 Å². The number of hydrogen-bond acceptors (Lipinski definition) is 7. The van der Waals surface area contributed by atoms with Crippen LogP contribution in [0.4, 0.5) is 0 Å². The van der Waals surface area contributed by atoms with Gasteiger partial charge in [-0.05, 0) is 65.0 Å². The van der Waals surface area contributed by atoms with Crippen molar-refractivity contribution in [3.63, 3.8) is 0 Å². The third-order valence-corrected chi connectivity index (χ3v) is 5.71. The van der Waals surface area contributed by atoms with Crippen LogP contribution in [0.2, 0.25) is 0 Å². The second kappa shape index (κ2) is 14.8. The minimum atomic E-state index is -0.832. The molecule has 2 rings (SSSR count). The van der Waals surface area contributed by atoms with Crippen LogP contribution in [0.15, 0.2) is 11.3 Å². The van der Waals surface area contributed by atoms with E-state index in [4.69, 9.17) is 9.47 Å². The molecule has 0 bridgehead atoms. The number of ether oxygens (including phenoxy) is 2. The van der Waals surface area contributed by atoms with Crippen molar-refractivity contribution in [2.24, 2.45) is 5.41 Å². The first-order chi connectivity index (χ1) is 14.8. The molecule has 31 heavy (non-hydrogen) atoms. The normalized spacial score (nSPS) is 17.4. The first-order valence-electron chi connectivity index (χ1n) is 11.6. The predicted molar refractivity (Wildman–Crippen MR) is 118 cm³/mol. The van der Waals surface area contributed by atoms with Crippen LogP contribution < -0.4 is 10.6 Å². The van der Waals surface area contributed by atoms with E-state index in [1.165, 1.54) is 32.4 Å². The smallest absolute Gasteiger partial charge is 0.347 e. The van der Waals surface area contributed by atoms with Gasteiger partial charge in [0.25, 0.3) is 0 Å². The Bertz CT molecular complexity index is 576. The van der Waals surface area contributed by atoms with Gasteiger partial charge in [-0.25, -0.2) is 9.59 Å². The van der Waals surface area contributed by atoms with E-state index in [9.17, 15) is 19.5 Å². The van der Waals surface area contributed by atoms with Crippen molar-refractivity contribution >= 4 is 17.9 Å². The summed E-state index contributed by atoms with van der Waals surface area (Å²) in [5.74, 6) is -2.30. The number of aliphatic carboxylic acids is 1. The Morgan fingerprint density at radius 3 is 1.81 bits per heavy atom. The second-order valence-corrected chi connectivity index (χ2v) is 8.24. The first-order valence-corrected chi connectivity index (χ1v) is 11.6. The molecule has 2 aliphatic rings. The van der Waals surface area contributed by atoms with E-state index in [1.807, 2.05) is 0 Å². The molecule has 0 atom stereocenters. The minimum Gasteiger partial charge on any atom is -0.481 e. The maximum Gasteiger partial charge on any atom is 0.347 e. The van der Waals surface area contributed by atoms with E-state index in [2.05, 4.69) is 10.6 Å². The van der Waals surface area contributed by atoms with Crippen LogP contribution in [0.3, 0.4) is 0 Å². The number of carbonyl (C=O) groups is 3. The van der Waals surface area contributed by atoms with E-state index in [0.29, 0.717) is 12.2 Å². The number of carboxylic acid groups (broad SMARTS) is 1.